The van der Waals surface area contributed by atoms with Crippen molar-refractivity contribution in [3.8, 4) is 0 Å². The lowest BCUT2D eigenvalue weighted by Gasteiger charge is -2.07. The maximum absolute atomic E-state index is 12.2. The number of nitrogens with two attached hydrogens (primary N) is 1. The Morgan fingerprint density at radius 2 is 2.07 bits per heavy atom. The number of benzene rings is 1. The van der Waals surface area contributed by atoms with Gasteiger partial charge in [0.15, 0.2) is 0 Å². The molecule has 1 aromatic carbocycles. The largest absolute Gasteiger partial charge is 0.465 e. The van der Waals surface area contributed by atoms with Crippen LogP contribution in [0.25, 0.3) is 0 Å². The maximum atomic E-state index is 12.2. The summed E-state index contributed by atoms with van der Waals surface area (Å²) in [5.41, 5.74) is 6.56. The van der Waals surface area contributed by atoms with Gasteiger partial charge in [0.05, 0.1) is 18.7 Å². The predicted molar refractivity (Wildman–Crippen MR) is 50.7 cm³/mol. The first-order valence-electron chi connectivity index (χ1n) is 4.19. The number of alkyl halides is 1. The van der Waals surface area contributed by atoms with Crippen molar-refractivity contribution in [1.29, 1.82) is 0 Å². The van der Waals surface area contributed by atoms with Gasteiger partial charge in [-0.25, -0.2) is 9.18 Å². The summed E-state index contributed by atoms with van der Waals surface area (Å²) in [4.78, 5) is 11.0. The molecule has 1 aromatic rings. The lowest BCUT2D eigenvalue weighted by atomic mass is 10.1. The van der Waals surface area contributed by atoms with E-state index in [0.29, 0.717) is 11.1 Å². The molecule has 76 valence electrons. The molecule has 0 heterocycles. The second-order valence-corrected chi connectivity index (χ2v) is 2.87. The van der Waals surface area contributed by atoms with Gasteiger partial charge in [-0.2, -0.15) is 0 Å². The van der Waals surface area contributed by atoms with Crippen molar-refractivity contribution < 1.29 is 13.9 Å². The topological polar surface area (TPSA) is 52.3 Å². The number of ether oxygens (including phenoxy) is 1. The van der Waals surface area contributed by atoms with Crippen molar-refractivity contribution in [3.05, 3.63) is 35.4 Å². The van der Waals surface area contributed by atoms with E-state index in [2.05, 4.69) is 4.74 Å². The quantitative estimate of drug-likeness (QED) is 0.746. The Bertz CT molecular complexity index is 310. The maximum Gasteiger partial charge on any atom is 0.337 e. The van der Waals surface area contributed by atoms with Gasteiger partial charge in [-0.1, -0.05) is 12.1 Å². The van der Waals surface area contributed by atoms with Crippen LogP contribution >= 0.6 is 0 Å². The molecule has 0 amide bonds. The molecule has 0 aliphatic rings. The minimum atomic E-state index is -0.623. The summed E-state index contributed by atoms with van der Waals surface area (Å²) < 4.78 is 16.7. The zero-order valence-electron chi connectivity index (χ0n) is 7.87. The molecule has 1 atom stereocenters. The molecular weight excluding hydrogens is 185 g/mol. The lowest BCUT2D eigenvalue weighted by Crippen LogP contribution is -2.12. The second kappa shape index (κ2) is 4.72. The van der Waals surface area contributed by atoms with E-state index in [1.54, 1.807) is 24.3 Å². The van der Waals surface area contributed by atoms with Crippen molar-refractivity contribution in [2.75, 3.05) is 13.8 Å². The highest BCUT2D eigenvalue weighted by molar-refractivity contribution is 5.89. The Hall–Kier alpha value is -1.42. The van der Waals surface area contributed by atoms with Gasteiger partial charge in [0.2, 0.25) is 0 Å². The first-order chi connectivity index (χ1) is 6.69. The molecule has 0 aliphatic heterocycles. The van der Waals surface area contributed by atoms with Crippen LogP contribution in [0.3, 0.4) is 0 Å². The van der Waals surface area contributed by atoms with E-state index in [1.165, 1.54) is 7.11 Å². The van der Waals surface area contributed by atoms with E-state index in [1.807, 2.05) is 0 Å². The normalized spacial score (nSPS) is 12.2. The van der Waals surface area contributed by atoms with Crippen LogP contribution in [0, 0.1) is 0 Å². The molecular formula is C10H12FNO2. The van der Waals surface area contributed by atoms with Crippen molar-refractivity contribution >= 4 is 5.97 Å². The molecule has 0 saturated carbocycles. The van der Waals surface area contributed by atoms with Gasteiger partial charge in [-0.05, 0) is 17.7 Å². The summed E-state index contributed by atoms with van der Waals surface area (Å²) in [5, 5.41) is 0. The van der Waals surface area contributed by atoms with Crippen LogP contribution in [0.1, 0.15) is 22.0 Å². The van der Waals surface area contributed by atoms with Crippen LogP contribution in [-0.4, -0.2) is 19.8 Å². The van der Waals surface area contributed by atoms with Gasteiger partial charge in [0.25, 0.3) is 0 Å². The van der Waals surface area contributed by atoms with Crippen LogP contribution < -0.4 is 5.73 Å². The fraction of sp³-hybridized carbons (Fsp3) is 0.300. The number of methoxy groups -OCH3 is 1. The Labute approximate surface area is 81.7 Å². The number of rotatable bonds is 3. The number of carbonyl (C=O) groups excluding carboxylic acids is 1. The third kappa shape index (κ3) is 2.29. The molecule has 3 nitrogen and oxygen atoms in total. The predicted octanol–water partition coefficient (Wildman–Crippen LogP) is 1.44. The highest BCUT2D eigenvalue weighted by Gasteiger charge is 2.07. The Balaban J connectivity index is 2.83. The molecule has 0 fully saturated rings. The summed E-state index contributed by atoms with van der Waals surface area (Å²) in [6, 6.07) is 5.75. The zero-order valence-corrected chi connectivity index (χ0v) is 7.87. The smallest absolute Gasteiger partial charge is 0.337 e. The number of esters is 1. The van der Waals surface area contributed by atoms with E-state index in [-0.39, 0.29) is 0 Å². The molecule has 0 radical (unpaired) electrons. The summed E-state index contributed by atoms with van der Waals surface area (Å²) >= 11 is 0. The SMILES string of the molecule is COC(=O)c1ccc([C@@H](N)CF)cc1. The summed E-state index contributed by atoms with van der Waals surface area (Å²) in [5.74, 6) is -0.412. The summed E-state index contributed by atoms with van der Waals surface area (Å²) in [6.45, 7) is -0.614. The van der Waals surface area contributed by atoms with Gasteiger partial charge in [-0.3, -0.25) is 0 Å². The first-order valence-corrected chi connectivity index (χ1v) is 4.19. The van der Waals surface area contributed by atoms with E-state index >= 15 is 0 Å². The Morgan fingerprint density at radius 1 is 1.50 bits per heavy atom. The minimum Gasteiger partial charge on any atom is -0.465 e. The van der Waals surface area contributed by atoms with Crippen molar-refractivity contribution in [1.82, 2.24) is 0 Å². The number of carbonyl (C=O) groups is 1. The molecule has 14 heavy (non-hydrogen) atoms. The van der Waals surface area contributed by atoms with Crippen LogP contribution in [-0.2, 0) is 4.74 Å². The summed E-state index contributed by atoms with van der Waals surface area (Å²) in [6.07, 6.45) is 0. The van der Waals surface area contributed by atoms with Crippen LogP contribution in [0.4, 0.5) is 4.39 Å². The molecule has 0 aliphatic carbocycles. The molecule has 1 rings (SSSR count). The molecule has 0 aromatic heterocycles. The molecule has 0 saturated heterocycles. The minimum absolute atomic E-state index is 0.412. The van der Waals surface area contributed by atoms with Gasteiger partial charge in [0, 0.05) is 0 Å². The highest BCUT2D eigenvalue weighted by atomic mass is 19.1. The van der Waals surface area contributed by atoms with Crippen molar-refractivity contribution in [2.45, 2.75) is 6.04 Å². The highest BCUT2D eigenvalue weighted by Crippen LogP contribution is 2.12. The van der Waals surface area contributed by atoms with E-state index < -0.39 is 18.7 Å². The van der Waals surface area contributed by atoms with Crippen LogP contribution in [0.15, 0.2) is 24.3 Å². The van der Waals surface area contributed by atoms with Gasteiger partial charge < -0.3 is 10.5 Å². The first kappa shape index (κ1) is 10.7. The number of hydrogen-bond acceptors (Lipinski definition) is 3. The van der Waals surface area contributed by atoms with E-state index in [4.69, 9.17) is 5.73 Å². The van der Waals surface area contributed by atoms with Crippen molar-refractivity contribution in [3.63, 3.8) is 0 Å². The molecule has 0 unspecified atom stereocenters. The number of hydrogen-bond donors (Lipinski definition) is 1. The van der Waals surface area contributed by atoms with Gasteiger partial charge >= 0.3 is 5.97 Å². The van der Waals surface area contributed by atoms with Gasteiger partial charge in [0.1, 0.15) is 6.67 Å². The van der Waals surface area contributed by atoms with Crippen LogP contribution in [0.5, 0.6) is 0 Å². The number of halogens is 1. The lowest BCUT2D eigenvalue weighted by molar-refractivity contribution is 0.0600. The average molecular weight is 197 g/mol. The average Bonchev–Trinajstić information content (AvgIpc) is 2.27. The van der Waals surface area contributed by atoms with Crippen molar-refractivity contribution in [2.24, 2.45) is 5.73 Å². The fourth-order valence-electron chi connectivity index (χ4n) is 1.07. The molecule has 2 N–H and O–H groups in total. The summed E-state index contributed by atoms with van der Waals surface area (Å²) in [7, 11) is 1.31. The zero-order chi connectivity index (χ0) is 10.6. The third-order valence-corrected chi connectivity index (χ3v) is 1.93. The fourth-order valence-corrected chi connectivity index (χ4v) is 1.07. The van der Waals surface area contributed by atoms with E-state index in [9.17, 15) is 9.18 Å². The van der Waals surface area contributed by atoms with Gasteiger partial charge in [-0.15, -0.1) is 0 Å². The molecule has 0 spiro atoms. The monoisotopic (exact) mass is 197 g/mol. The second-order valence-electron chi connectivity index (χ2n) is 2.87. The van der Waals surface area contributed by atoms with E-state index in [0.717, 1.165) is 0 Å². The Kier molecular flexibility index (Phi) is 3.59. The third-order valence-electron chi connectivity index (χ3n) is 1.93. The Morgan fingerprint density at radius 3 is 2.50 bits per heavy atom. The van der Waals surface area contributed by atoms with Crippen LogP contribution in [0.2, 0.25) is 0 Å². The standard InChI is InChI=1S/C10H12FNO2/c1-14-10(13)8-4-2-7(3-5-8)9(12)6-11/h2-5,9H,6,12H2,1H3/t9-/m0/s1. The molecule has 4 heteroatoms. The molecule has 0 bridgehead atoms.